The molecule has 1 radical (unpaired) electrons. The molecule has 1 fully saturated rings. The van der Waals surface area contributed by atoms with E-state index >= 15 is 0 Å². The molecule has 0 aliphatic heterocycles. The van der Waals surface area contributed by atoms with Crippen LogP contribution in [-0.4, -0.2) is 111 Å². The number of nitrogens with zero attached hydrogens (tertiary/aromatic N) is 2. The van der Waals surface area contributed by atoms with Crippen molar-refractivity contribution < 1.29 is 58.1 Å². The second-order valence-electron chi connectivity index (χ2n) is 12.1. The van der Waals surface area contributed by atoms with Gasteiger partial charge in [-0.15, -0.1) is 0 Å². The lowest BCUT2D eigenvalue weighted by Gasteiger charge is -2.41. The number of phosphoric ester groups is 1. The van der Waals surface area contributed by atoms with Crippen molar-refractivity contribution in [1.82, 2.24) is 15.5 Å². The van der Waals surface area contributed by atoms with E-state index in [0.717, 1.165) is 11.1 Å². The number of phosphoric acid groups is 1. The van der Waals surface area contributed by atoms with Gasteiger partial charge in [0.1, 0.15) is 6.54 Å². The van der Waals surface area contributed by atoms with Gasteiger partial charge < -0.3 is 25.3 Å². The maximum Gasteiger partial charge on any atom is 0.472 e. The molecular weight excluding hydrogens is 661 g/mol. The fourth-order valence-electron chi connectivity index (χ4n) is 6.17. The third-order valence-electron chi connectivity index (χ3n) is 8.65. The van der Waals surface area contributed by atoms with E-state index in [1.807, 2.05) is 36.4 Å². The number of carboxylic acids is 4. The number of rotatable bonds is 22. The largest absolute Gasteiger partial charge is 0.480 e. The molecule has 0 amide bonds. The quantitative estimate of drug-likeness (QED) is 0.0764. The highest BCUT2D eigenvalue weighted by molar-refractivity contribution is 7.47. The predicted molar refractivity (Wildman–Crippen MR) is 176 cm³/mol. The fraction of sp³-hybridized carbons (Fsp3) is 0.515. The number of aliphatic carboxylic acids is 4. The number of carbonyl (C=O) groups is 4. The molecule has 0 heterocycles. The van der Waals surface area contributed by atoms with Gasteiger partial charge in [-0.05, 0) is 49.7 Å². The Bertz CT molecular complexity index is 1370. The van der Waals surface area contributed by atoms with Gasteiger partial charge in [-0.3, -0.25) is 28.9 Å². The molecular formula is C33H45N3O12P. The second kappa shape index (κ2) is 18.9. The van der Waals surface area contributed by atoms with Crippen LogP contribution in [0.3, 0.4) is 0 Å². The molecule has 0 spiro atoms. The lowest BCUT2D eigenvalue weighted by molar-refractivity contribution is -0.151. The summed E-state index contributed by atoms with van der Waals surface area (Å²) in [7, 11) is -4.65. The van der Waals surface area contributed by atoms with Crippen LogP contribution in [0.1, 0.15) is 56.6 Å². The number of benzene rings is 2. The Balaban J connectivity index is 1.64. The van der Waals surface area contributed by atoms with Crippen LogP contribution in [0.15, 0.2) is 60.7 Å². The van der Waals surface area contributed by atoms with Crippen molar-refractivity contribution in [3.05, 3.63) is 71.8 Å². The molecule has 15 nitrogen and oxygen atoms in total. The molecule has 1 aliphatic carbocycles. The lowest BCUT2D eigenvalue weighted by Crippen LogP contribution is -2.50. The zero-order chi connectivity index (χ0) is 36.0. The Hall–Kier alpha value is -3.69. The molecule has 6 N–H and O–H groups in total. The van der Waals surface area contributed by atoms with Crippen LogP contribution in [0, 0.1) is 0 Å². The molecule has 3 atom stereocenters. The summed E-state index contributed by atoms with van der Waals surface area (Å²) >= 11 is 0. The Kier molecular flexibility index (Phi) is 15.3. The van der Waals surface area contributed by atoms with Gasteiger partial charge in [0.25, 0.3) is 0 Å². The van der Waals surface area contributed by atoms with Gasteiger partial charge in [0.15, 0.2) is 0 Å². The Labute approximate surface area is 284 Å². The van der Waals surface area contributed by atoms with Gasteiger partial charge in [-0.2, -0.15) is 0 Å². The summed E-state index contributed by atoms with van der Waals surface area (Å²) in [6.07, 6.45) is 2.12. The van der Waals surface area contributed by atoms with Gasteiger partial charge in [0.05, 0.1) is 25.3 Å². The lowest BCUT2D eigenvalue weighted by atomic mass is 9.65. The van der Waals surface area contributed by atoms with Crippen molar-refractivity contribution in [1.29, 1.82) is 0 Å². The van der Waals surface area contributed by atoms with Crippen molar-refractivity contribution in [2.24, 2.45) is 0 Å². The fourth-order valence-corrected chi connectivity index (χ4v) is 7.18. The molecule has 49 heavy (non-hydrogen) atoms. The third-order valence-corrected chi connectivity index (χ3v) is 9.69. The SMILES string of the molecule is CCC(CCN(CC(=O)O)CC(COP(=O)(O)OC1CCC(c2ccccc2)(c2ccccc2)CC1)[N]CC(=O)O)NC(C(=O)O)C(=O)O. The summed E-state index contributed by atoms with van der Waals surface area (Å²) in [5, 5.41) is 43.6. The Morgan fingerprint density at radius 3 is 1.96 bits per heavy atom. The van der Waals surface area contributed by atoms with Crippen LogP contribution in [0.25, 0.3) is 0 Å². The van der Waals surface area contributed by atoms with E-state index in [1.165, 1.54) is 4.90 Å². The van der Waals surface area contributed by atoms with E-state index in [-0.39, 0.29) is 24.9 Å². The minimum absolute atomic E-state index is 0.0306. The van der Waals surface area contributed by atoms with Gasteiger partial charge in [0, 0.05) is 24.5 Å². The highest BCUT2D eigenvalue weighted by atomic mass is 31.2. The van der Waals surface area contributed by atoms with E-state index < -0.39 is 75.6 Å². The molecule has 3 unspecified atom stereocenters. The maximum atomic E-state index is 13.1. The van der Waals surface area contributed by atoms with Crippen molar-refractivity contribution in [3.8, 4) is 0 Å². The smallest absolute Gasteiger partial charge is 0.472 e. The van der Waals surface area contributed by atoms with Gasteiger partial charge >= 0.3 is 31.7 Å². The average Bonchev–Trinajstić information content (AvgIpc) is 3.06. The molecule has 16 heteroatoms. The standard InChI is InChI=1S/C33H45N3O12P/c1-2-25(35-30(31(41)42)32(43)44)15-18-36(21-29(39)40)20-26(34-19-28(37)38)22-47-49(45,46)48-27-13-16-33(17-14-27,23-9-5-3-6-10-23)24-11-7-4-8-12-24/h3-12,25-27,30,35H,2,13-22H2,1H3,(H,37,38)(H,39,40)(H,41,42)(H,43,44)(H,45,46). The van der Waals surface area contributed by atoms with Crippen LogP contribution in [0.5, 0.6) is 0 Å². The number of hydrogen-bond acceptors (Lipinski definition) is 9. The first-order valence-electron chi connectivity index (χ1n) is 16.1. The molecule has 1 saturated carbocycles. The number of carboxylic acid groups (broad SMARTS) is 4. The van der Waals surface area contributed by atoms with Crippen LogP contribution in [0.2, 0.25) is 0 Å². The van der Waals surface area contributed by atoms with Crippen molar-refractivity contribution >= 4 is 31.7 Å². The summed E-state index contributed by atoms with van der Waals surface area (Å²) in [5.41, 5.74) is 1.98. The predicted octanol–water partition coefficient (Wildman–Crippen LogP) is 2.79. The van der Waals surface area contributed by atoms with Gasteiger partial charge in [0.2, 0.25) is 6.04 Å². The minimum Gasteiger partial charge on any atom is -0.480 e. The van der Waals surface area contributed by atoms with Crippen LogP contribution >= 0.6 is 7.82 Å². The minimum atomic E-state index is -4.65. The summed E-state index contributed by atoms with van der Waals surface area (Å²) in [4.78, 5) is 57.6. The second-order valence-corrected chi connectivity index (χ2v) is 13.5. The van der Waals surface area contributed by atoms with Crippen LogP contribution in [0.4, 0.5) is 0 Å². The molecule has 0 saturated heterocycles. The van der Waals surface area contributed by atoms with Gasteiger partial charge in [-0.1, -0.05) is 67.6 Å². The van der Waals surface area contributed by atoms with Crippen LogP contribution in [-0.2, 0) is 38.2 Å². The molecule has 269 valence electrons. The van der Waals surface area contributed by atoms with Crippen molar-refractivity contribution in [3.63, 3.8) is 0 Å². The van der Waals surface area contributed by atoms with Crippen LogP contribution < -0.4 is 10.6 Å². The summed E-state index contributed by atoms with van der Waals surface area (Å²) in [6, 6.07) is 16.6. The van der Waals surface area contributed by atoms with E-state index in [1.54, 1.807) is 6.92 Å². The first kappa shape index (κ1) is 39.7. The van der Waals surface area contributed by atoms with Gasteiger partial charge in [-0.25, -0.2) is 19.5 Å². The monoisotopic (exact) mass is 706 g/mol. The van der Waals surface area contributed by atoms with E-state index in [0.29, 0.717) is 32.1 Å². The first-order chi connectivity index (χ1) is 23.2. The topological polar surface area (TPSA) is 234 Å². The highest BCUT2D eigenvalue weighted by Gasteiger charge is 2.41. The molecule has 0 aromatic heterocycles. The third kappa shape index (κ3) is 12.6. The average molecular weight is 707 g/mol. The summed E-state index contributed by atoms with van der Waals surface area (Å²) in [5.74, 6) is -5.64. The number of hydrogen-bond donors (Lipinski definition) is 6. The van der Waals surface area contributed by atoms with E-state index in [9.17, 15) is 49.1 Å². The Morgan fingerprint density at radius 1 is 0.939 bits per heavy atom. The molecule has 2 aromatic carbocycles. The Morgan fingerprint density at radius 2 is 1.49 bits per heavy atom. The van der Waals surface area contributed by atoms with E-state index in [4.69, 9.17) is 9.05 Å². The van der Waals surface area contributed by atoms with Crippen molar-refractivity contribution in [2.75, 3.05) is 32.8 Å². The summed E-state index contributed by atoms with van der Waals surface area (Å²) in [6.45, 7) is -0.186. The van der Waals surface area contributed by atoms with E-state index in [2.05, 4.69) is 34.9 Å². The molecule has 2 aromatic rings. The molecule has 0 bridgehead atoms. The molecule has 1 aliphatic rings. The normalized spacial score (nSPS) is 17.3. The number of nitrogens with one attached hydrogen (secondary N) is 1. The maximum absolute atomic E-state index is 13.1. The highest BCUT2D eigenvalue weighted by Crippen LogP contribution is 2.51. The summed E-state index contributed by atoms with van der Waals surface area (Å²) < 4.78 is 24.0. The zero-order valence-corrected chi connectivity index (χ0v) is 28.2. The first-order valence-corrected chi connectivity index (χ1v) is 17.5. The zero-order valence-electron chi connectivity index (χ0n) is 27.3. The van der Waals surface area contributed by atoms with Crippen molar-refractivity contribution in [2.45, 2.75) is 75.1 Å². The molecule has 3 rings (SSSR count).